The lowest BCUT2D eigenvalue weighted by Gasteiger charge is -2.23. The van der Waals surface area contributed by atoms with E-state index in [0.717, 1.165) is 31.5 Å². The molecule has 0 radical (unpaired) electrons. The van der Waals surface area contributed by atoms with Gasteiger partial charge in [-0.3, -0.25) is 0 Å². The average molecular weight is 239 g/mol. The normalized spacial score (nSPS) is 20.2. The standard InChI is InChI=1S/C13H18FNO2/c1-17-12-7-10(6-11(14)13(12)16)5-9-3-2-4-15-8-9/h6-7,9,15-16H,2-5,8H2,1H3. The largest absolute Gasteiger partial charge is 0.502 e. The maximum atomic E-state index is 13.4. The number of phenols is 1. The number of piperidine rings is 1. The van der Waals surface area contributed by atoms with E-state index in [4.69, 9.17) is 4.74 Å². The van der Waals surface area contributed by atoms with Crippen LogP contribution in [0.4, 0.5) is 4.39 Å². The summed E-state index contributed by atoms with van der Waals surface area (Å²) in [5, 5.41) is 12.8. The number of phenolic OH excluding ortho intramolecular Hbond substituents is 1. The van der Waals surface area contributed by atoms with Gasteiger partial charge in [0, 0.05) is 0 Å². The van der Waals surface area contributed by atoms with Gasteiger partial charge in [0.1, 0.15) is 0 Å². The minimum absolute atomic E-state index is 0.212. The predicted octanol–water partition coefficient (Wildman–Crippen LogP) is 2.08. The molecule has 0 aromatic heterocycles. The summed E-state index contributed by atoms with van der Waals surface area (Å²) in [7, 11) is 1.43. The van der Waals surface area contributed by atoms with Crippen LogP contribution in [-0.2, 0) is 6.42 Å². The van der Waals surface area contributed by atoms with Crippen LogP contribution in [0.25, 0.3) is 0 Å². The van der Waals surface area contributed by atoms with Gasteiger partial charge < -0.3 is 15.2 Å². The number of ether oxygens (including phenoxy) is 1. The van der Waals surface area contributed by atoms with E-state index in [2.05, 4.69) is 5.32 Å². The quantitative estimate of drug-likeness (QED) is 0.848. The lowest BCUT2D eigenvalue weighted by Crippen LogP contribution is -2.30. The minimum atomic E-state index is -0.608. The zero-order chi connectivity index (χ0) is 12.3. The number of hydrogen-bond donors (Lipinski definition) is 2. The van der Waals surface area contributed by atoms with Crippen LogP contribution >= 0.6 is 0 Å². The Morgan fingerprint density at radius 3 is 3.00 bits per heavy atom. The molecule has 1 atom stereocenters. The Labute approximate surface area is 101 Å². The van der Waals surface area contributed by atoms with Crippen molar-refractivity contribution in [3.8, 4) is 11.5 Å². The zero-order valence-electron chi connectivity index (χ0n) is 10.0. The first-order valence-electron chi connectivity index (χ1n) is 5.97. The fourth-order valence-corrected chi connectivity index (χ4v) is 2.33. The third-order valence-corrected chi connectivity index (χ3v) is 3.23. The van der Waals surface area contributed by atoms with Crippen LogP contribution in [0.2, 0.25) is 0 Å². The molecule has 0 spiro atoms. The maximum Gasteiger partial charge on any atom is 0.194 e. The highest BCUT2D eigenvalue weighted by atomic mass is 19.1. The molecule has 0 aliphatic carbocycles. The molecule has 94 valence electrons. The third-order valence-electron chi connectivity index (χ3n) is 3.23. The smallest absolute Gasteiger partial charge is 0.194 e. The average Bonchev–Trinajstić information content (AvgIpc) is 2.35. The lowest BCUT2D eigenvalue weighted by molar-refractivity contribution is 0.352. The van der Waals surface area contributed by atoms with Gasteiger partial charge in [-0.25, -0.2) is 4.39 Å². The topological polar surface area (TPSA) is 41.5 Å². The van der Waals surface area contributed by atoms with Crippen LogP contribution in [0.5, 0.6) is 11.5 Å². The highest BCUT2D eigenvalue weighted by Gasteiger charge is 2.16. The molecule has 1 aliphatic rings. The monoisotopic (exact) mass is 239 g/mol. The van der Waals surface area contributed by atoms with E-state index in [1.54, 1.807) is 6.07 Å². The summed E-state index contributed by atoms with van der Waals surface area (Å²) in [6, 6.07) is 3.11. The summed E-state index contributed by atoms with van der Waals surface area (Å²) in [6.07, 6.45) is 3.15. The van der Waals surface area contributed by atoms with Gasteiger partial charge in [-0.1, -0.05) is 0 Å². The third kappa shape index (κ3) is 2.88. The summed E-state index contributed by atoms with van der Waals surface area (Å²) >= 11 is 0. The van der Waals surface area contributed by atoms with E-state index in [1.165, 1.54) is 19.6 Å². The number of benzene rings is 1. The molecule has 17 heavy (non-hydrogen) atoms. The molecule has 1 aromatic carbocycles. The van der Waals surface area contributed by atoms with Crippen LogP contribution in [0.15, 0.2) is 12.1 Å². The molecule has 1 heterocycles. The van der Waals surface area contributed by atoms with Crippen molar-refractivity contribution in [3.05, 3.63) is 23.5 Å². The van der Waals surface area contributed by atoms with Gasteiger partial charge in [-0.15, -0.1) is 0 Å². The Bertz CT molecular complexity index is 389. The summed E-state index contributed by atoms with van der Waals surface area (Å²) in [5.41, 5.74) is 0.880. The Morgan fingerprint density at radius 2 is 2.35 bits per heavy atom. The van der Waals surface area contributed by atoms with Crippen molar-refractivity contribution in [1.82, 2.24) is 5.32 Å². The number of aromatic hydroxyl groups is 1. The second-order valence-electron chi connectivity index (χ2n) is 4.55. The highest BCUT2D eigenvalue weighted by Crippen LogP contribution is 2.31. The molecule has 2 rings (SSSR count). The molecule has 3 nitrogen and oxygen atoms in total. The van der Waals surface area contributed by atoms with Crippen LogP contribution in [-0.4, -0.2) is 25.3 Å². The van der Waals surface area contributed by atoms with Crippen molar-refractivity contribution in [3.63, 3.8) is 0 Å². The van der Waals surface area contributed by atoms with Gasteiger partial charge in [0.05, 0.1) is 7.11 Å². The van der Waals surface area contributed by atoms with Crippen LogP contribution in [0.3, 0.4) is 0 Å². The number of rotatable bonds is 3. The molecular formula is C13H18FNO2. The SMILES string of the molecule is COc1cc(CC2CCCNC2)cc(F)c1O. The first kappa shape index (κ1) is 12.2. The van der Waals surface area contributed by atoms with E-state index >= 15 is 0 Å². The van der Waals surface area contributed by atoms with Gasteiger partial charge in [0.25, 0.3) is 0 Å². The van der Waals surface area contributed by atoms with E-state index in [1.807, 2.05) is 0 Å². The Morgan fingerprint density at radius 1 is 1.53 bits per heavy atom. The molecule has 0 amide bonds. The van der Waals surface area contributed by atoms with Crippen LogP contribution in [0, 0.1) is 11.7 Å². The van der Waals surface area contributed by atoms with E-state index in [0.29, 0.717) is 5.92 Å². The molecule has 2 N–H and O–H groups in total. The second kappa shape index (κ2) is 5.36. The Balaban J connectivity index is 2.12. The van der Waals surface area contributed by atoms with Crippen molar-refractivity contribution in [2.45, 2.75) is 19.3 Å². The number of methoxy groups -OCH3 is 1. The molecule has 4 heteroatoms. The van der Waals surface area contributed by atoms with Crippen molar-refractivity contribution in [2.24, 2.45) is 5.92 Å². The van der Waals surface area contributed by atoms with Crippen LogP contribution < -0.4 is 10.1 Å². The zero-order valence-corrected chi connectivity index (χ0v) is 10.0. The maximum absolute atomic E-state index is 13.4. The number of nitrogens with one attached hydrogen (secondary N) is 1. The lowest BCUT2D eigenvalue weighted by atomic mass is 9.92. The van der Waals surface area contributed by atoms with Crippen molar-refractivity contribution in [1.29, 1.82) is 0 Å². The Hall–Kier alpha value is -1.29. The van der Waals surface area contributed by atoms with E-state index in [9.17, 15) is 9.50 Å². The van der Waals surface area contributed by atoms with Gasteiger partial charge in [0.2, 0.25) is 0 Å². The molecular weight excluding hydrogens is 221 g/mol. The van der Waals surface area contributed by atoms with Gasteiger partial charge in [-0.2, -0.15) is 0 Å². The molecule has 0 bridgehead atoms. The first-order valence-corrected chi connectivity index (χ1v) is 5.97. The molecule has 1 aromatic rings. The van der Waals surface area contributed by atoms with Crippen molar-refractivity contribution < 1.29 is 14.2 Å². The van der Waals surface area contributed by atoms with Crippen molar-refractivity contribution in [2.75, 3.05) is 20.2 Å². The van der Waals surface area contributed by atoms with E-state index in [-0.39, 0.29) is 5.75 Å². The molecule has 0 saturated carbocycles. The first-order chi connectivity index (χ1) is 8.20. The summed E-state index contributed by atoms with van der Waals surface area (Å²) in [4.78, 5) is 0. The van der Waals surface area contributed by atoms with Gasteiger partial charge >= 0.3 is 0 Å². The summed E-state index contributed by atoms with van der Waals surface area (Å²) in [6.45, 7) is 2.05. The Kier molecular flexibility index (Phi) is 3.84. The van der Waals surface area contributed by atoms with Gasteiger partial charge in [-0.05, 0) is 56.0 Å². The minimum Gasteiger partial charge on any atom is -0.502 e. The number of hydrogen-bond acceptors (Lipinski definition) is 3. The molecule has 1 saturated heterocycles. The second-order valence-corrected chi connectivity index (χ2v) is 4.55. The summed E-state index contributed by atoms with van der Waals surface area (Å²) < 4.78 is 18.4. The molecule has 1 unspecified atom stereocenters. The van der Waals surface area contributed by atoms with E-state index < -0.39 is 11.6 Å². The number of halogens is 1. The summed E-state index contributed by atoms with van der Waals surface area (Å²) in [5.74, 6) is -0.262. The molecule has 1 fully saturated rings. The van der Waals surface area contributed by atoms with Gasteiger partial charge in [0.15, 0.2) is 17.3 Å². The molecule has 1 aliphatic heterocycles. The van der Waals surface area contributed by atoms with Crippen LogP contribution in [0.1, 0.15) is 18.4 Å². The fraction of sp³-hybridized carbons (Fsp3) is 0.538. The predicted molar refractivity (Wildman–Crippen MR) is 63.9 cm³/mol. The van der Waals surface area contributed by atoms with Crippen molar-refractivity contribution >= 4 is 0 Å². The fourth-order valence-electron chi connectivity index (χ4n) is 2.33. The highest BCUT2D eigenvalue weighted by molar-refractivity contribution is 5.43.